The molecule has 4 heteroatoms. The van der Waals surface area contributed by atoms with Gasteiger partial charge in [-0.05, 0) is 67.4 Å². The SMILES string of the molecule is CCCCOc1ccc(/C=N/c2ccc(C(=O)OCC)cc2)cc1. The standard InChI is InChI=1S/C20H23NO3/c1-3-5-14-24-19-12-6-16(7-13-19)15-21-18-10-8-17(9-11-18)20(22)23-4-2/h6-13,15H,3-5,14H2,1-2H3/b21-15+. The van der Waals surface area contributed by atoms with E-state index < -0.39 is 0 Å². The summed E-state index contributed by atoms with van der Waals surface area (Å²) >= 11 is 0. The van der Waals surface area contributed by atoms with Gasteiger partial charge in [0.05, 0.1) is 24.5 Å². The van der Waals surface area contributed by atoms with Crippen LogP contribution in [0.1, 0.15) is 42.6 Å². The Morgan fingerprint density at radius 1 is 1.04 bits per heavy atom. The zero-order chi connectivity index (χ0) is 17.2. The van der Waals surface area contributed by atoms with E-state index in [9.17, 15) is 4.79 Å². The van der Waals surface area contributed by atoms with Gasteiger partial charge in [-0.2, -0.15) is 0 Å². The van der Waals surface area contributed by atoms with Gasteiger partial charge in [0, 0.05) is 6.21 Å². The first-order chi connectivity index (χ1) is 11.7. The molecule has 0 amide bonds. The third-order valence-corrected chi connectivity index (χ3v) is 3.39. The first-order valence-corrected chi connectivity index (χ1v) is 8.27. The highest BCUT2D eigenvalue weighted by Crippen LogP contribution is 2.15. The number of ether oxygens (including phenoxy) is 2. The Bertz CT molecular complexity index is 660. The molecule has 0 spiro atoms. The van der Waals surface area contributed by atoms with Gasteiger partial charge < -0.3 is 9.47 Å². The lowest BCUT2D eigenvalue weighted by Gasteiger charge is -2.05. The second-order valence-electron chi connectivity index (χ2n) is 5.30. The maximum Gasteiger partial charge on any atom is 0.338 e. The van der Waals surface area contributed by atoms with Gasteiger partial charge in [-0.25, -0.2) is 4.79 Å². The summed E-state index contributed by atoms with van der Waals surface area (Å²) in [6, 6.07) is 14.9. The highest BCUT2D eigenvalue weighted by atomic mass is 16.5. The monoisotopic (exact) mass is 325 g/mol. The topological polar surface area (TPSA) is 47.9 Å². The molecule has 2 aromatic carbocycles. The van der Waals surface area contributed by atoms with Crippen LogP contribution in [0.4, 0.5) is 5.69 Å². The first kappa shape index (κ1) is 17.7. The second kappa shape index (κ2) is 9.50. The van der Waals surface area contributed by atoms with Crippen LogP contribution in [0.5, 0.6) is 5.75 Å². The third kappa shape index (κ3) is 5.54. The Morgan fingerprint density at radius 3 is 2.38 bits per heavy atom. The van der Waals surface area contributed by atoms with E-state index >= 15 is 0 Å². The van der Waals surface area contributed by atoms with E-state index in [-0.39, 0.29) is 5.97 Å². The Kier molecular flexibility index (Phi) is 7.02. The van der Waals surface area contributed by atoms with Crippen molar-refractivity contribution in [3.8, 4) is 5.75 Å². The maximum atomic E-state index is 11.6. The minimum atomic E-state index is -0.313. The fraction of sp³-hybridized carbons (Fsp3) is 0.300. The fourth-order valence-electron chi connectivity index (χ4n) is 2.03. The fourth-order valence-corrected chi connectivity index (χ4v) is 2.03. The number of carbonyl (C=O) groups excluding carboxylic acids is 1. The summed E-state index contributed by atoms with van der Waals surface area (Å²) in [5, 5.41) is 0. The molecule has 0 aliphatic carbocycles. The number of benzene rings is 2. The highest BCUT2D eigenvalue weighted by molar-refractivity contribution is 5.90. The quantitative estimate of drug-likeness (QED) is 0.398. The van der Waals surface area contributed by atoms with Gasteiger partial charge >= 0.3 is 5.97 Å². The lowest BCUT2D eigenvalue weighted by molar-refractivity contribution is 0.0526. The van der Waals surface area contributed by atoms with Crippen molar-refractivity contribution in [2.75, 3.05) is 13.2 Å². The van der Waals surface area contributed by atoms with Crippen molar-refractivity contribution in [3.05, 3.63) is 59.7 Å². The summed E-state index contributed by atoms with van der Waals surface area (Å²) in [7, 11) is 0. The average molecular weight is 325 g/mol. The van der Waals surface area contributed by atoms with Crippen LogP contribution < -0.4 is 4.74 Å². The Balaban J connectivity index is 1.94. The van der Waals surface area contributed by atoms with Crippen molar-refractivity contribution in [3.63, 3.8) is 0 Å². The van der Waals surface area contributed by atoms with E-state index in [1.54, 1.807) is 37.4 Å². The normalized spacial score (nSPS) is 10.8. The smallest absolute Gasteiger partial charge is 0.338 e. The van der Waals surface area contributed by atoms with E-state index in [0.29, 0.717) is 12.2 Å². The Labute approximate surface area is 143 Å². The van der Waals surface area contributed by atoms with E-state index in [2.05, 4.69) is 11.9 Å². The number of unbranched alkanes of at least 4 members (excludes halogenated alkanes) is 1. The van der Waals surface area contributed by atoms with Crippen molar-refractivity contribution < 1.29 is 14.3 Å². The van der Waals surface area contributed by atoms with Crippen molar-refractivity contribution in [1.82, 2.24) is 0 Å². The van der Waals surface area contributed by atoms with E-state index in [0.717, 1.165) is 36.4 Å². The van der Waals surface area contributed by atoms with Crippen LogP contribution >= 0.6 is 0 Å². The number of rotatable bonds is 8. The molecular formula is C20H23NO3. The summed E-state index contributed by atoms with van der Waals surface area (Å²) < 4.78 is 10.6. The minimum Gasteiger partial charge on any atom is -0.494 e. The number of hydrogen-bond acceptors (Lipinski definition) is 4. The molecule has 2 rings (SSSR count). The minimum absolute atomic E-state index is 0.313. The molecule has 0 radical (unpaired) electrons. The largest absolute Gasteiger partial charge is 0.494 e. The van der Waals surface area contributed by atoms with Gasteiger partial charge in [0.25, 0.3) is 0 Å². The summed E-state index contributed by atoms with van der Waals surface area (Å²) in [5.41, 5.74) is 2.31. The zero-order valence-corrected chi connectivity index (χ0v) is 14.2. The van der Waals surface area contributed by atoms with Crippen molar-refractivity contribution >= 4 is 17.9 Å². The lowest BCUT2D eigenvalue weighted by Crippen LogP contribution is -2.03. The second-order valence-corrected chi connectivity index (χ2v) is 5.30. The molecule has 0 fully saturated rings. The van der Waals surface area contributed by atoms with Crippen LogP contribution in [-0.4, -0.2) is 25.4 Å². The number of hydrogen-bond donors (Lipinski definition) is 0. The summed E-state index contributed by atoms with van der Waals surface area (Å²) in [6.45, 7) is 5.05. The molecule has 0 saturated heterocycles. The summed E-state index contributed by atoms with van der Waals surface area (Å²) in [4.78, 5) is 16.0. The number of carbonyl (C=O) groups is 1. The molecule has 126 valence electrons. The van der Waals surface area contributed by atoms with E-state index in [4.69, 9.17) is 9.47 Å². The molecule has 0 heterocycles. The van der Waals surface area contributed by atoms with Gasteiger partial charge in [0.1, 0.15) is 5.75 Å². The van der Waals surface area contributed by atoms with Crippen LogP contribution in [0, 0.1) is 0 Å². The molecule has 24 heavy (non-hydrogen) atoms. The predicted molar refractivity (Wildman–Crippen MR) is 96.5 cm³/mol. The summed E-state index contributed by atoms with van der Waals surface area (Å²) in [5.74, 6) is 0.561. The molecule has 0 unspecified atom stereocenters. The van der Waals surface area contributed by atoms with Gasteiger partial charge in [0.2, 0.25) is 0 Å². The molecule has 0 aliphatic rings. The van der Waals surface area contributed by atoms with Crippen molar-refractivity contribution in [2.45, 2.75) is 26.7 Å². The highest BCUT2D eigenvalue weighted by Gasteiger charge is 2.04. The molecule has 0 saturated carbocycles. The van der Waals surface area contributed by atoms with Gasteiger partial charge in [-0.1, -0.05) is 13.3 Å². The average Bonchev–Trinajstić information content (AvgIpc) is 2.62. The zero-order valence-electron chi connectivity index (χ0n) is 14.2. The molecular weight excluding hydrogens is 302 g/mol. The van der Waals surface area contributed by atoms with Crippen molar-refractivity contribution in [2.24, 2.45) is 4.99 Å². The number of aliphatic imine (C=N–C) groups is 1. The number of nitrogens with zero attached hydrogens (tertiary/aromatic N) is 1. The molecule has 0 aliphatic heterocycles. The predicted octanol–water partition coefficient (Wildman–Crippen LogP) is 4.79. The van der Waals surface area contributed by atoms with Gasteiger partial charge in [-0.15, -0.1) is 0 Å². The van der Waals surface area contributed by atoms with E-state index in [1.165, 1.54) is 0 Å². The molecule has 0 aromatic heterocycles. The van der Waals surface area contributed by atoms with Gasteiger partial charge in [0.15, 0.2) is 0 Å². The van der Waals surface area contributed by atoms with Crippen LogP contribution in [-0.2, 0) is 4.74 Å². The van der Waals surface area contributed by atoms with Crippen LogP contribution in [0.25, 0.3) is 0 Å². The Hall–Kier alpha value is -2.62. The molecule has 0 atom stereocenters. The third-order valence-electron chi connectivity index (χ3n) is 3.39. The van der Waals surface area contributed by atoms with Crippen LogP contribution in [0.15, 0.2) is 53.5 Å². The first-order valence-electron chi connectivity index (χ1n) is 8.27. The molecule has 0 N–H and O–H groups in total. The summed E-state index contributed by atoms with van der Waals surface area (Å²) in [6.07, 6.45) is 3.97. The molecule has 0 bridgehead atoms. The van der Waals surface area contributed by atoms with E-state index in [1.807, 2.05) is 24.3 Å². The number of esters is 1. The van der Waals surface area contributed by atoms with Crippen LogP contribution in [0.2, 0.25) is 0 Å². The molecule has 2 aromatic rings. The van der Waals surface area contributed by atoms with Crippen molar-refractivity contribution in [1.29, 1.82) is 0 Å². The Morgan fingerprint density at radius 2 is 1.75 bits per heavy atom. The lowest BCUT2D eigenvalue weighted by atomic mass is 10.2. The van der Waals surface area contributed by atoms with Crippen LogP contribution in [0.3, 0.4) is 0 Å². The van der Waals surface area contributed by atoms with Gasteiger partial charge in [-0.3, -0.25) is 4.99 Å². The maximum absolute atomic E-state index is 11.6. The molecule has 4 nitrogen and oxygen atoms in total.